The number of nitrogens with zero attached hydrogens (tertiary/aromatic N) is 3. The van der Waals surface area contributed by atoms with Gasteiger partial charge in [-0.1, -0.05) is 12.1 Å². The molecule has 0 aliphatic carbocycles. The second-order valence-corrected chi connectivity index (χ2v) is 8.88. The molecule has 1 aromatic heterocycles. The third kappa shape index (κ3) is 6.87. The Bertz CT molecular complexity index is 1080. The molecule has 0 unspecified atom stereocenters. The average Bonchev–Trinajstić information content (AvgIpc) is 3.31. The zero-order valence-electron chi connectivity index (χ0n) is 18.3. The molecule has 5 rings (SSSR count). The molecule has 4 heterocycles. The number of nitrogens with one attached hydrogen (secondary N) is 1. The summed E-state index contributed by atoms with van der Waals surface area (Å²) >= 11 is 1.42. The van der Waals surface area contributed by atoms with Crippen LogP contribution in [0, 0.1) is 16.7 Å². The van der Waals surface area contributed by atoms with Crippen LogP contribution >= 0.6 is 11.3 Å². The Hall–Kier alpha value is -3.75. The Balaban J connectivity index is 0.000000350. The van der Waals surface area contributed by atoms with E-state index >= 15 is 0 Å². The zero-order valence-corrected chi connectivity index (χ0v) is 19.1. The summed E-state index contributed by atoms with van der Waals surface area (Å²) in [5.74, 6) is -2.04. The van der Waals surface area contributed by atoms with Crippen molar-refractivity contribution < 1.29 is 29.3 Å². The predicted molar refractivity (Wildman–Crippen MR) is 124 cm³/mol. The van der Waals surface area contributed by atoms with Crippen molar-refractivity contribution in [3.63, 3.8) is 0 Å². The van der Waals surface area contributed by atoms with Gasteiger partial charge in [-0.15, -0.1) is 11.3 Å². The van der Waals surface area contributed by atoms with Crippen LogP contribution in [0.2, 0.25) is 0 Å². The summed E-state index contributed by atoms with van der Waals surface area (Å²) in [6.07, 6.45) is 3.95. The molecule has 178 valence electrons. The number of nitriles is 1. The van der Waals surface area contributed by atoms with Gasteiger partial charge in [0, 0.05) is 17.6 Å². The smallest absolute Gasteiger partial charge is 0.412 e. The molecule has 2 bridgehead atoms. The first-order valence-electron chi connectivity index (χ1n) is 10.5. The van der Waals surface area contributed by atoms with Gasteiger partial charge >= 0.3 is 18.0 Å². The average molecular weight is 485 g/mol. The third-order valence-corrected chi connectivity index (χ3v) is 6.67. The van der Waals surface area contributed by atoms with Gasteiger partial charge in [0.05, 0.1) is 28.6 Å². The Morgan fingerprint density at radius 3 is 2.41 bits per heavy atom. The summed E-state index contributed by atoms with van der Waals surface area (Å²) in [5, 5.41) is 27.5. The highest BCUT2D eigenvalue weighted by atomic mass is 32.1. The maximum absolute atomic E-state index is 12.3. The topological polar surface area (TPSA) is 153 Å². The van der Waals surface area contributed by atoms with Crippen LogP contribution in [0.15, 0.2) is 41.9 Å². The number of thiazole rings is 1. The molecule has 0 atom stereocenters. The molecule has 11 heteroatoms. The van der Waals surface area contributed by atoms with E-state index in [0.717, 1.165) is 49.3 Å². The van der Waals surface area contributed by atoms with Gasteiger partial charge in [0.25, 0.3) is 0 Å². The SMILES string of the molecule is N#Cc1cccc(-c2scnc2NC(=O)OCC23CCN(CC2)CC3)c1.O=C(O)/C=C/C(=O)O. The standard InChI is InChI=1S/C19H20N4O2S.C4H4O4/c20-11-14-2-1-3-15(10-14)16-17(21-13-26-16)22-18(24)25-12-19-4-7-23(8-5-19)9-6-19;5-3(6)1-2-4(7)8/h1-3,10,13H,4-9,12H2,(H,22,24);1-2H,(H,5,6)(H,7,8)/b;2-1+. The molecule has 0 spiro atoms. The molecule has 34 heavy (non-hydrogen) atoms. The first-order valence-corrected chi connectivity index (χ1v) is 11.4. The highest BCUT2D eigenvalue weighted by Gasteiger charge is 2.40. The van der Waals surface area contributed by atoms with Crippen molar-refractivity contribution in [1.82, 2.24) is 9.88 Å². The number of carboxylic acids is 2. The Labute approximate surface area is 200 Å². The second-order valence-electron chi connectivity index (χ2n) is 8.03. The highest BCUT2D eigenvalue weighted by Crippen LogP contribution is 2.40. The number of hydrogen-bond donors (Lipinski definition) is 3. The van der Waals surface area contributed by atoms with Gasteiger partial charge in [0.15, 0.2) is 5.82 Å². The Morgan fingerprint density at radius 1 is 1.18 bits per heavy atom. The van der Waals surface area contributed by atoms with Gasteiger partial charge in [0.1, 0.15) is 0 Å². The molecular weight excluding hydrogens is 460 g/mol. The lowest BCUT2D eigenvalue weighted by molar-refractivity contribution is -0.134. The quantitative estimate of drug-likeness (QED) is 0.523. The van der Waals surface area contributed by atoms with E-state index in [1.165, 1.54) is 11.3 Å². The highest BCUT2D eigenvalue weighted by molar-refractivity contribution is 7.13. The molecule has 0 radical (unpaired) electrons. The summed E-state index contributed by atoms with van der Waals surface area (Å²) < 4.78 is 5.55. The Kier molecular flexibility index (Phi) is 8.34. The van der Waals surface area contributed by atoms with E-state index in [2.05, 4.69) is 21.3 Å². The van der Waals surface area contributed by atoms with E-state index in [0.29, 0.717) is 30.1 Å². The Morgan fingerprint density at radius 2 is 1.82 bits per heavy atom. The maximum Gasteiger partial charge on any atom is 0.412 e. The number of anilines is 1. The number of aromatic nitrogens is 1. The van der Waals surface area contributed by atoms with E-state index in [9.17, 15) is 14.4 Å². The van der Waals surface area contributed by atoms with Crippen molar-refractivity contribution in [2.24, 2.45) is 5.41 Å². The molecule has 1 amide bonds. The number of fused-ring (bicyclic) bond motifs is 3. The molecule has 10 nitrogen and oxygen atoms in total. The fourth-order valence-electron chi connectivity index (χ4n) is 3.88. The van der Waals surface area contributed by atoms with E-state index in [-0.39, 0.29) is 5.41 Å². The van der Waals surface area contributed by atoms with E-state index < -0.39 is 18.0 Å². The number of aliphatic carboxylic acids is 2. The van der Waals surface area contributed by atoms with Crippen molar-refractivity contribution in [3.05, 3.63) is 47.5 Å². The minimum atomic E-state index is -1.26. The third-order valence-electron chi connectivity index (χ3n) is 5.79. The fraction of sp³-hybridized carbons (Fsp3) is 0.348. The predicted octanol–water partition coefficient (Wildman–Crippen LogP) is 3.43. The summed E-state index contributed by atoms with van der Waals surface area (Å²) in [6, 6.07) is 9.40. The lowest BCUT2D eigenvalue weighted by Crippen LogP contribution is -2.50. The zero-order chi connectivity index (χ0) is 24.6. The molecule has 3 N–H and O–H groups in total. The van der Waals surface area contributed by atoms with E-state index in [1.807, 2.05) is 12.1 Å². The van der Waals surface area contributed by atoms with Crippen molar-refractivity contribution >= 4 is 35.2 Å². The molecule has 3 fully saturated rings. The normalized spacial score (nSPS) is 20.6. The minimum Gasteiger partial charge on any atom is -0.478 e. The van der Waals surface area contributed by atoms with Crippen LogP contribution in [0.1, 0.15) is 24.8 Å². The number of carboxylic acid groups (broad SMARTS) is 2. The summed E-state index contributed by atoms with van der Waals surface area (Å²) in [4.78, 5) is 38.9. The van der Waals surface area contributed by atoms with Crippen molar-refractivity contribution in [2.45, 2.75) is 19.3 Å². The number of ether oxygens (including phenoxy) is 1. The molecule has 3 saturated heterocycles. The fourth-order valence-corrected chi connectivity index (χ4v) is 4.62. The molecule has 1 aromatic carbocycles. The van der Waals surface area contributed by atoms with Gasteiger partial charge in [-0.3, -0.25) is 5.32 Å². The van der Waals surface area contributed by atoms with Crippen molar-refractivity contribution in [3.8, 4) is 16.5 Å². The maximum atomic E-state index is 12.3. The van der Waals surface area contributed by atoms with Gasteiger partial charge in [0.2, 0.25) is 0 Å². The van der Waals surface area contributed by atoms with Crippen LogP contribution in [0.4, 0.5) is 10.6 Å². The number of rotatable bonds is 6. The van der Waals surface area contributed by atoms with E-state index in [4.69, 9.17) is 20.2 Å². The monoisotopic (exact) mass is 484 g/mol. The van der Waals surface area contributed by atoms with Crippen molar-refractivity contribution in [2.75, 3.05) is 31.6 Å². The molecular formula is C23H24N4O6S. The van der Waals surface area contributed by atoms with Crippen LogP contribution in [-0.2, 0) is 14.3 Å². The van der Waals surface area contributed by atoms with Crippen LogP contribution in [0.25, 0.3) is 10.4 Å². The number of carbonyl (C=O) groups is 3. The molecule has 3 aliphatic rings. The van der Waals surface area contributed by atoms with Crippen LogP contribution in [-0.4, -0.2) is 64.4 Å². The molecule has 3 aliphatic heterocycles. The summed E-state index contributed by atoms with van der Waals surface area (Å²) in [6.45, 7) is 3.79. The van der Waals surface area contributed by atoms with Crippen LogP contribution in [0.5, 0.6) is 0 Å². The molecule has 2 aromatic rings. The van der Waals surface area contributed by atoms with Gasteiger partial charge in [-0.2, -0.15) is 5.26 Å². The number of amides is 1. The van der Waals surface area contributed by atoms with Gasteiger partial charge < -0.3 is 19.8 Å². The largest absolute Gasteiger partial charge is 0.478 e. The first kappa shape index (κ1) is 24.9. The lowest BCUT2D eigenvalue weighted by atomic mass is 9.73. The van der Waals surface area contributed by atoms with Crippen LogP contribution < -0.4 is 5.32 Å². The van der Waals surface area contributed by atoms with Crippen molar-refractivity contribution in [1.29, 1.82) is 5.26 Å². The van der Waals surface area contributed by atoms with E-state index in [1.54, 1.807) is 17.6 Å². The van der Waals surface area contributed by atoms with Gasteiger partial charge in [-0.05, 0) is 56.6 Å². The minimum absolute atomic E-state index is 0.151. The number of benzene rings is 1. The van der Waals surface area contributed by atoms with Crippen LogP contribution in [0.3, 0.4) is 0 Å². The molecule has 0 saturated carbocycles. The summed E-state index contributed by atoms with van der Waals surface area (Å²) in [7, 11) is 0. The number of carbonyl (C=O) groups excluding carboxylic acids is 1. The first-order chi connectivity index (χ1) is 16.3. The number of hydrogen-bond acceptors (Lipinski definition) is 8. The number of piperidine rings is 3. The summed E-state index contributed by atoms with van der Waals surface area (Å²) in [5.41, 5.74) is 3.27. The second kappa shape index (κ2) is 11.4. The van der Waals surface area contributed by atoms with Gasteiger partial charge in [-0.25, -0.2) is 19.4 Å². The lowest BCUT2D eigenvalue weighted by Gasteiger charge is -2.47.